The van der Waals surface area contributed by atoms with E-state index in [0.717, 1.165) is 55.6 Å². The highest BCUT2D eigenvalue weighted by atomic mass is 16.5. The molecule has 5 heteroatoms. The number of carbonyl (C=O) groups is 2. The molecule has 2 amide bonds. The number of carbonyl (C=O) groups excluding carboxylic acids is 2. The molecule has 1 unspecified atom stereocenters. The number of benzene rings is 2. The molecule has 0 radical (unpaired) electrons. The fourth-order valence-corrected chi connectivity index (χ4v) is 3.72. The minimum absolute atomic E-state index is 0.0592. The maximum Gasteiger partial charge on any atom is 0.247 e. The Hall–Kier alpha value is -2.82. The molecule has 0 saturated carbocycles. The molecule has 0 aliphatic carbocycles. The van der Waals surface area contributed by atoms with Crippen molar-refractivity contribution in [3.05, 3.63) is 65.7 Å². The lowest BCUT2D eigenvalue weighted by molar-refractivity contribution is -0.142. The molecular weight excluding hydrogens is 376 g/mol. The van der Waals surface area contributed by atoms with Crippen LogP contribution in [0.25, 0.3) is 0 Å². The number of ether oxygens (including phenoxy) is 1. The molecule has 30 heavy (non-hydrogen) atoms. The van der Waals surface area contributed by atoms with Crippen LogP contribution in [0.5, 0.6) is 5.75 Å². The van der Waals surface area contributed by atoms with Crippen molar-refractivity contribution in [1.82, 2.24) is 10.2 Å². The highest BCUT2D eigenvalue weighted by Crippen LogP contribution is 2.25. The zero-order valence-corrected chi connectivity index (χ0v) is 17.8. The molecule has 0 bridgehead atoms. The monoisotopic (exact) mass is 408 g/mol. The summed E-state index contributed by atoms with van der Waals surface area (Å²) >= 11 is 0. The van der Waals surface area contributed by atoms with Gasteiger partial charge in [0.25, 0.3) is 0 Å². The van der Waals surface area contributed by atoms with Crippen LogP contribution in [-0.2, 0) is 16.0 Å². The molecule has 1 heterocycles. The molecule has 2 aromatic carbocycles. The van der Waals surface area contributed by atoms with Crippen LogP contribution in [0.1, 0.15) is 56.2 Å². The second kappa shape index (κ2) is 11.4. The average Bonchev–Trinajstić information content (AvgIpc) is 2.77. The fourth-order valence-electron chi connectivity index (χ4n) is 3.72. The van der Waals surface area contributed by atoms with E-state index in [1.54, 1.807) is 4.90 Å². The first-order valence-electron chi connectivity index (χ1n) is 11.0. The number of piperidine rings is 1. The summed E-state index contributed by atoms with van der Waals surface area (Å²) in [6.07, 6.45) is 5.26. The Balaban J connectivity index is 1.57. The third-order valence-corrected chi connectivity index (χ3v) is 5.44. The number of nitrogens with zero attached hydrogens (tertiary/aromatic N) is 1. The van der Waals surface area contributed by atoms with Gasteiger partial charge in [0, 0.05) is 19.5 Å². The molecule has 1 fully saturated rings. The summed E-state index contributed by atoms with van der Waals surface area (Å²) in [4.78, 5) is 27.3. The second-order valence-electron chi connectivity index (χ2n) is 7.74. The lowest BCUT2D eigenvalue weighted by Crippen LogP contribution is -2.46. The van der Waals surface area contributed by atoms with Crippen LogP contribution >= 0.6 is 0 Å². The summed E-state index contributed by atoms with van der Waals surface area (Å²) in [6, 6.07) is 17.1. The molecule has 1 saturated heterocycles. The summed E-state index contributed by atoms with van der Waals surface area (Å²) < 4.78 is 5.69. The van der Waals surface area contributed by atoms with Crippen molar-refractivity contribution in [3.63, 3.8) is 0 Å². The molecule has 1 atom stereocenters. The molecule has 160 valence electrons. The Labute approximate surface area is 179 Å². The molecule has 1 aliphatic heterocycles. The van der Waals surface area contributed by atoms with Crippen molar-refractivity contribution in [1.29, 1.82) is 0 Å². The van der Waals surface area contributed by atoms with Crippen LogP contribution in [0, 0.1) is 0 Å². The second-order valence-corrected chi connectivity index (χ2v) is 7.74. The topological polar surface area (TPSA) is 58.6 Å². The van der Waals surface area contributed by atoms with E-state index in [-0.39, 0.29) is 11.8 Å². The standard InChI is InChI=1S/C25H32N2O3/c1-2-3-19-30-22-14-12-20(13-15-22)16-17-26-25(29)24(21-9-5-4-6-10-21)27-18-8-7-11-23(27)28/h4-6,9-10,12-15,24H,2-3,7-8,11,16-19H2,1H3,(H,26,29). The van der Waals surface area contributed by atoms with Gasteiger partial charge in [-0.1, -0.05) is 55.8 Å². The van der Waals surface area contributed by atoms with Crippen molar-refractivity contribution in [3.8, 4) is 5.75 Å². The first kappa shape index (κ1) is 21.9. The van der Waals surface area contributed by atoms with E-state index in [0.29, 0.717) is 19.5 Å². The van der Waals surface area contributed by atoms with Gasteiger partial charge in [-0.05, 0) is 48.9 Å². The summed E-state index contributed by atoms with van der Waals surface area (Å²) in [5, 5.41) is 3.04. The minimum Gasteiger partial charge on any atom is -0.494 e. The van der Waals surface area contributed by atoms with Crippen molar-refractivity contribution >= 4 is 11.8 Å². The average molecular weight is 409 g/mol. The molecule has 2 aromatic rings. The van der Waals surface area contributed by atoms with E-state index in [2.05, 4.69) is 12.2 Å². The maximum atomic E-state index is 13.1. The number of amides is 2. The van der Waals surface area contributed by atoms with E-state index in [9.17, 15) is 9.59 Å². The molecule has 1 N–H and O–H groups in total. The summed E-state index contributed by atoms with van der Waals surface area (Å²) in [7, 11) is 0. The van der Waals surface area contributed by atoms with Crippen molar-refractivity contribution in [2.75, 3.05) is 19.7 Å². The van der Waals surface area contributed by atoms with Gasteiger partial charge in [-0.2, -0.15) is 0 Å². The summed E-state index contributed by atoms with van der Waals surface area (Å²) in [6.45, 7) is 4.04. The molecule has 5 nitrogen and oxygen atoms in total. The molecule has 3 rings (SSSR count). The zero-order chi connectivity index (χ0) is 21.2. The van der Waals surface area contributed by atoms with Gasteiger partial charge in [0.1, 0.15) is 11.8 Å². The van der Waals surface area contributed by atoms with Crippen LogP contribution in [0.2, 0.25) is 0 Å². The van der Waals surface area contributed by atoms with Crippen molar-refractivity contribution in [2.24, 2.45) is 0 Å². The first-order chi connectivity index (χ1) is 14.7. The Morgan fingerprint density at radius 2 is 1.87 bits per heavy atom. The Morgan fingerprint density at radius 1 is 1.10 bits per heavy atom. The van der Waals surface area contributed by atoms with Gasteiger partial charge >= 0.3 is 0 Å². The van der Waals surface area contributed by atoms with Crippen LogP contribution in [0.4, 0.5) is 0 Å². The first-order valence-corrected chi connectivity index (χ1v) is 11.0. The number of unbranched alkanes of at least 4 members (excludes halogenated alkanes) is 1. The third kappa shape index (κ3) is 6.09. The van der Waals surface area contributed by atoms with Gasteiger partial charge in [-0.25, -0.2) is 0 Å². The predicted molar refractivity (Wildman–Crippen MR) is 118 cm³/mol. The van der Waals surface area contributed by atoms with E-state index in [1.807, 2.05) is 54.6 Å². The smallest absolute Gasteiger partial charge is 0.247 e. The highest BCUT2D eigenvalue weighted by molar-refractivity contribution is 5.89. The van der Waals surface area contributed by atoms with Gasteiger partial charge in [0.05, 0.1) is 6.61 Å². The molecule has 0 spiro atoms. The normalized spacial score (nSPS) is 15.0. The van der Waals surface area contributed by atoms with Gasteiger partial charge in [-0.3, -0.25) is 9.59 Å². The van der Waals surface area contributed by atoms with E-state index < -0.39 is 6.04 Å². The highest BCUT2D eigenvalue weighted by Gasteiger charge is 2.32. The minimum atomic E-state index is -0.562. The predicted octanol–water partition coefficient (Wildman–Crippen LogP) is 4.28. The van der Waals surface area contributed by atoms with Gasteiger partial charge in [-0.15, -0.1) is 0 Å². The number of hydrogen-bond donors (Lipinski definition) is 1. The summed E-state index contributed by atoms with van der Waals surface area (Å²) in [5.74, 6) is 0.823. The Kier molecular flexibility index (Phi) is 8.30. The van der Waals surface area contributed by atoms with Crippen LogP contribution < -0.4 is 10.1 Å². The number of nitrogens with one attached hydrogen (secondary N) is 1. The van der Waals surface area contributed by atoms with E-state index in [1.165, 1.54) is 0 Å². The van der Waals surface area contributed by atoms with Gasteiger partial charge in [0.15, 0.2) is 0 Å². The van der Waals surface area contributed by atoms with Crippen LogP contribution in [0.15, 0.2) is 54.6 Å². The number of likely N-dealkylation sites (tertiary alicyclic amines) is 1. The van der Waals surface area contributed by atoms with Crippen LogP contribution in [0.3, 0.4) is 0 Å². The Bertz CT molecular complexity index is 805. The quantitative estimate of drug-likeness (QED) is 0.597. The zero-order valence-electron chi connectivity index (χ0n) is 17.8. The van der Waals surface area contributed by atoms with E-state index in [4.69, 9.17) is 4.74 Å². The van der Waals surface area contributed by atoms with E-state index >= 15 is 0 Å². The third-order valence-electron chi connectivity index (χ3n) is 5.44. The molecule has 1 aliphatic rings. The molecule has 0 aromatic heterocycles. The maximum absolute atomic E-state index is 13.1. The molecular formula is C25H32N2O3. The van der Waals surface area contributed by atoms with Gasteiger partial charge in [0.2, 0.25) is 11.8 Å². The van der Waals surface area contributed by atoms with Crippen molar-refractivity contribution < 1.29 is 14.3 Å². The lowest BCUT2D eigenvalue weighted by atomic mass is 10.0. The largest absolute Gasteiger partial charge is 0.494 e. The van der Waals surface area contributed by atoms with Gasteiger partial charge < -0.3 is 15.0 Å². The number of rotatable bonds is 10. The van der Waals surface area contributed by atoms with Crippen LogP contribution in [-0.4, -0.2) is 36.4 Å². The number of hydrogen-bond acceptors (Lipinski definition) is 3. The lowest BCUT2D eigenvalue weighted by Gasteiger charge is -2.34. The summed E-state index contributed by atoms with van der Waals surface area (Å²) in [5.41, 5.74) is 2.00. The Morgan fingerprint density at radius 3 is 2.57 bits per heavy atom. The SMILES string of the molecule is CCCCOc1ccc(CCNC(=O)C(c2ccccc2)N2CCCCC2=O)cc1. The fraction of sp³-hybridized carbons (Fsp3) is 0.440. The van der Waals surface area contributed by atoms with Crippen molar-refractivity contribution in [2.45, 2.75) is 51.5 Å².